The SMILES string of the molecule is CCOC(=O)c1c(N)ccc(F)c1F.Cl. The van der Waals surface area contributed by atoms with Crippen LogP contribution in [-0.2, 0) is 4.74 Å². The molecule has 15 heavy (non-hydrogen) atoms. The third-order valence-electron chi connectivity index (χ3n) is 1.61. The number of halogens is 3. The van der Waals surface area contributed by atoms with E-state index in [0.29, 0.717) is 0 Å². The second kappa shape index (κ2) is 5.50. The van der Waals surface area contributed by atoms with Crippen molar-refractivity contribution in [1.82, 2.24) is 0 Å². The molecule has 0 saturated heterocycles. The Morgan fingerprint density at radius 1 is 1.47 bits per heavy atom. The van der Waals surface area contributed by atoms with Crippen molar-refractivity contribution in [3.8, 4) is 0 Å². The Morgan fingerprint density at radius 2 is 2.07 bits per heavy atom. The first-order valence-electron chi connectivity index (χ1n) is 3.98. The fraction of sp³-hybridized carbons (Fsp3) is 0.222. The van der Waals surface area contributed by atoms with E-state index in [1.54, 1.807) is 6.92 Å². The van der Waals surface area contributed by atoms with E-state index < -0.39 is 23.2 Å². The van der Waals surface area contributed by atoms with Gasteiger partial charge in [-0.25, -0.2) is 13.6 Å². The minimum atomic E-state index is -1.27. The second-order valence-electron chi connectivity index (χ2n) is 2.55. The van der Waals surface area contributed by atoms with E-state index in [1.165, 1.54) is 0 Å². The second-order valence-corrected chi connectivity index (χ2v) is 2.55. The fourth-order valence-electron chi connectivity index (χ4n) is 0.976. The van der Waals surface area contributed by atoms with Crippen LogP contribution < -0.4 is 5.73 Å². The summed E-state index contributed by atoms with van der Waals surface area (Å²) >= 11 is 0. The van der Waals surface area contributed by atoms with Gasteiger partial charge in [0.15, 0.2) is 11.6 Å². The third-order valence-corrected chi connectivity index (χ3v) is 1.61. The molecule has 0 bridgehead atoms. The molecule has 0 spiro atoms. The van der Waals surface area contributed by atoms with Crippen LogP contribution in [0.5, 0.6) is 0 Å². The van der Waals surface area contributed by atoms with Gasteiger partial charge in [-0.2, -0.15) is 0 Å². The minimum absolute atomic E-state index is 0. The number of nitrogens with two attached hydrogens (primary N) is 1. The van der Waals surface area contributed by atoms with Crippen LogP contribution >= 0.6 is 12.4 Å². The quantitative estimate of drug-likeness (QED) is 0.633. The zero-order chi connectivity index (χ0) is 10.7. The molecule has 0 saturated carbocycles. The molecule has 0 aromatic heterocycles. The monoisotopic (exact) mass is 237 g/mol. The molecule has 0 fully saturated rings. The summed E-state index contributed by atoms with van der Waals surface area (Å²) in [6.45, 7) is 1.64. The summed E-state index contributed by atoms with van der Waals surface area (Å²) in [6.07, 6.45) is 0. The summed E-state index contributed by atoms with van der Waals surface area (Å²) < 4.78 is 30.3. The molecule has 84 valence electrons. The highest BCUT2D eigenvalue weighted by Crippen LogP contribution is 2.19. The molecular weight excluding hydrogens is 228 g/mol. The van der Waals surface area contributed by atoms with Gasteiger partial charge in [0.05, 0.1) is 6.61 Å². The first kappa shape index (κ1) is 13.6. The molecule has 0 aliphatic rings. The Kier molecular flexibility index (Phi) is 5.00. The van der Waals surface area contributed by atoms with E-state index in [4.69, 9.17) is 5.73 Å². The molecule has 1 rings (SSSR count). The van der Waals surface area contributed by atoms with Gasteiger partial charge < -0.3 is 10.5 Å². The van der Waals surface area contributed by atoms with Gasteiger partial charge in [-0.05, 0) is 19.1 Å². The number of hydrogen-bond donors (Lipinski definition) is 1. The Morgan fingerprint density at radius 3 is 2.60 bits per heavy atom. The van der Waals surface area contributed by atoms with Gasteiger partial charge >= 0.3 is 5.97 Å². The van der Waals surface area contributed by atoms with Crippen LogP contribution in [0, 0.1) is 11.6 Å². The van der Waals surface area contributed by atoms with Crippen molar-refractivity contribution in [1.29, 1.82) is 0 Å². The number of anilines is 1. The highest BCUT2D eigenvalue weighted by atomic mass is 35.5. The van der Waals surface area contributed by atoms with Crippen molar-refractivity contribution in [2.24, 2.45) is 0 Å². The molecule has 0 radical (unpaired) electrons. The third kappa shape index (κ3) is 2.79. The largest absolute Gasteiger partial charge is 0.462 e. The van der Waals surface area contributed by atoms with Gasteiger partial charge in [-0.15, -0.1) is 12.4 Å². The highest BCUT2D eigenvalue weighted by Gasteiger charge is 2.19. The molecule has 0 amide bonds. The number of ether oxygens (including phenoxy) is 1. The molecule has 2 N–H and O–H groups in total. The number of rotatable bonds is 2. The Hall–Kier alpha value is -1.36. The van der Waals surface area contributed by atoms with Crippen LogP contribution in [0.2, 0.25) is 0 Å². The summed E-state index contributed by atoms with van der Waals surface area (Å²) in [6, 6.07) is 1.97. The van der Waals surface area contributed by atoms with Crippen molar-refractivity contribution in [2.45, 2.75) is 6.92 Å². The first-order valence-corrected chi connectivity index (χ1v) is 3.98. The smallest absolute Gasteiger partial charge is 0.343 e. The molecule has 6 heteroatoms. The summed E-state index contributed by atoms with van der Waals surface area (Å²) in [5.41, 5.74) is 4.63. The lowest BCUT2D eigenvalue weighted by Crippen LogP contribution is -2.11. The molecule has 0 aliphatic carbocycles. The number of nitrogen functional groups attached to an aromatic ring is 1. The van der Waals surface area contributed by atoms with Crippen LogP contribution in [0.25, 0.3) is 0 Å². The van der Waals surface area contributed by atoms with Crippen LogP contribution in [0.15, 0.2) is 12.1 Å². The van der Waals surface area contributed by atoms with Crippen molar-refractivity contribution >= 4 is 24.1 Å². The van der Waals surface area contributed by atoms with E-state index >= 15 is 0 Å². The number of carbonyl (C=O) groups is 1. The Balaban J connectivity index is 0.00000196. The average molecular weight is 238 g/mol. The average Bonchev–Trinajstić information content (AvgIpc) is 2.13. The van der Waals surface area contributed by atoms with Gasteiger partial charge in [0.25, 0.3) is 0 Å². The van der Waals surface area contributed by atoms with Crippen LogP contribution in [0.1, 0.15) is 17.3 Å². The zero-order valence-corrected chi connectivity index (χ0v) is 8.74. The maximum absolute atomic E-state index is 13.1. The molecule has 0 unspecified atom stereocenters. The molecule has 0 atom stereocenters. The lowest BCUT2D eigenvalue weighted by molar-refractivity contribution is 0.0521. The normalized spacial score (nSPS) is 9.27. The molecule has 1 aromatic rings. The summed E-state index contributed by atoms with van der Waals surface area (Å²) in [7, 11) is 0. The minimum Gasteiger partial charge on any atom is -0.462 e. The van der Waals surface area contributed by atoms with E-state index in [2.05, 4.69) is 4.74 Å². The van der Waals surface area contributed by atoms with Crippen molar-refractivity contribution in [3.63, 3.8) is 0 Å². The predicted octanol–water partition coefficient (Wildman–Crippen LogP) is 2.15. The Labute approximate surface area is 91.6 Å². The maximum atomic E-state index is 13.1. The molecular formula is C9H10ClF2NO2. The number of hydrogen-bond acceptors (Lipinski definition) is 3. The highest BCUT2D eigenvalue weighted by molar-refractivity contribution is 5.95. The predicted molar refractivity (Wildman–Crippen MR) is 54.0 cm³/mol. The van der Waals surface area contributed by atoms with Crippen molar-refractivity contribution < 1.29 is 18.3 Å². The van der Waals surface area contributed by atoms with Crippen LogP contribution in [0.4, 0.5) is 14.5 Å². The van der Waals surface area contributed by atoms with Crippen molar-refractivity contribution in [2.75, 3.05) is 12.3 Å². The zero-order valence-electron chi connectivity index (χ0n) is 7.92. The molecule has 3 nitrogen and oxygen atoms in total. The lowest BCUT2D eigenvalue weighted by Gasteiger charge is -2.06. The van der Waals surface area contributed by atoms with Crippen LogP contribution in [0.3, 0.4) is 0 Å². The van der Waals surface area contributed by atoms with E-state index in [0.717, 1.165) is 12.1 Å². The molecule has 0 aliphatic heterocycles. The van der Waals surface area contributed by atoms with E-state index in [-0.39, 0.29) is 24.7 Å². The van der Waals surface area contributed by atoms with Crippen molar-refractivity contribution in [3.05, 3.63) is 29.3 Å². The Bertz CT molecular complexity index is 371. The van der Waals surface area contributed by atoms with E-state index in [1.807, 2.05) is 0 Å². The summed E-state index contributed by atoms with van der Waals surface area (Å²) in [5, 5.41) is 0. The standard InChI is InChI=1S/C9H9F2NO2.ClH/c1-2-14-9(13)7-6(12)4-3-5(10)8(7)11;/h3-4H,2,12H2,1H3;1H. The van der Waals surface area contributed by atoms with Crippen LogP contribution in [-0.4, -0.2) is 12.6 Å². The maximum Gasteiger partial charge on any atom is 0.343 e. The van der Waals surface area contributed by atoms with Gasteiger partial charge in [0.2, 0.25) is 0 Å². The van der Waals surface area contributed by atoms with E-state index in [9.17, 15) is 13.6 Å². The lowest BCUT2D eigenvalue weighted by atomic mass is 10.1. The van der Waals surface area contributed by atoms with Gasteiger partial charge in [-0.1, -0.05) is 0 Å². The van der Waals surface area contributed by atoms with Gasteiger partial charge in [-0.3, -0.25) is 0 Å². The first-order chi connectivity index (χ1) is 6.57. The number of carbonyl (C=O) groups excluding carboxylic acids is 1. The fourth-order valence-corrected chi connectivity index (χ4v) is 0.976. The number of benzene rings is 1. The summed E-state index contributed by atoms with van der Waals surface area (Å²) in [4.78, 5) is 11.1. The van der Waals surface area contributed by atoms with Gasteiger partial charge in [0, 0.05) is 5.69 Å². The molecule has 1 aromatic carbocycles. The summed E-state index contributed by atoms with van der Waals surface area (Å²) in [5.74, 6) is -3.35. The molecule has 0 heterocycles. The topological polar surface area (TPSA) is 52.3 Å². The number of esters is 1. The van der Waals surface area contributed by atoms with Gasteiger partial charge in [0.1, 0.15) is 5.56 Å².